The Morgan fingerprint density at radius 3 is 2.68 bits per heavy atom. The molecule has 2 fully saturated rings. The SMILES string of the molecule is O=C(NCC(O)CN1CCc2ccccc2C1)c1cc(NC2CN(CCCN3CCNCC3)C2)ncn1. The molecule has 1 atom stereocenters. The molecule has 3 aliphatic rings. The van der Waals surface area contributed by atoms with Gasteiger partial charge < -0.3 is 26.0 Å². The predicted octanol–water partition coefficient (Wildman–Crippen LogP) is 0.0170. The van der Waals surface area contributed by atoms with Crippen molar-refractivity contribution in [3.8, 4) is 0 Å². The van der Waals surface area contributed by atoms with Crippen molar-refractivity contribution < 1.29 is 9.90 Å². The molecule has 0 aliphatic carbocycles. The van der Waals surface area contributed by atoms with Gasteiger partial charge >= 0.3 is 0 Å². The third-order valence-electron chi connectivity index (χ3n) is 7.54. The number of aromatic nitrogens is 2. The van der Waals surface area contributed by atoms with Crippen LogP contribution in [0.1, 0.15) is 28.0 Å². The Hall–Kier alpha value is -2.63. The van der Waals surface area contributed by atoms with Crippen LogP contribution in [0.5, 0.6) is 0 Å². The highest BCUT2D eigenvalue weighted by molar-refractivity contribution is 5.92. The molecular formula is C27H40N8O2. The molecule has 0 radical (unpaired) electrons. The maximum Gasteiger partial charge on any atom is 0.270 e. The third kappa shape index (κ3) is 7.45. The van der Waals surface area contributed by atoms with E-state index in [1.807, 2.05) is 0 Å². The second-order valence-electron chi connectivity index (χ2n) is 10.5. The number of β-amino-alcohol motifs (C(OH)–C–C–N with tert-alkyl or cyclic N) is 1. The van der Waals surface area contributed by atoms with Crippen molar-refractivity contribution in [1.29, 1.82) is 0 Å². The fourth-order valence-electron chi connectivity index (χ4n) is 5.44. The van der Waals surface area contributed by atoms with E-state index in [-0.39, 0.29) is 12.5 Å². The summed E-state index contributed by atoms with van der Waals surface area (Å²) in [7, 11) is 0. The lowest BCUT2D eigenvalue weighted by molar-refractivity contribution is 0.0838. The molecule has 10 heteroatoms. The molecule has 37 heavy (non-hydrogen) atoms. The van der Waals surface area contributed by atoms with Gasteiger partial charge in [-0.2, -0.15) is 0 Å². The van der Waals surface area contributed by atoms with Crippen LogP contribution in [0.3, 0.4) is 0 Å². The van der Waals surface area contributed by atoms with E-state index in [2.05, 4.69) is 64.9 Å². The van der Waals surface area contributed by atoms with Crippen LogP contribution in [-0.2, 0) is 13.0 Å². The number of likely N-dealkylation sites (tertiary alicyclic amines) is 1. The lowest BCUT2D eigenvalue weighted by atomic mass is 10.00. The summed E-state index contributed by atoms with van der Waals surface area (Å²) < 4.78 is 0. The van der Waals surface area contributed by atoms with E-state index in [0.29, 0.717) is 24.1 Å². The molecule has 4 N–H and O–H groups in total. The second kappa shape index (κ2) is 12.7. The van der Waals surface area contributed by atoms with Crippen LogP contribution in [0, 0.1) is 0 Å². The summed E-state index contributed by atoms with van der Waals surface area (Å²) in [6, 6.07) is 10.5. The Balaban J connectivity index is 0.992. The quantitative estimate of drug-likeness (QED) is 0.334. The van der Waals surface area contributed by atoms with Gasteiger partial charge in [-0.15, -0.1) is 0 Å². The van der Waals surface area contributed by atoms with Gasteiger partial charge in [-0.05, 0) is 37.1 Å². The Morgan fingerprint density at radius 2 is 1.84 bits per heavy atom. The number of hydrogen-bond donors (Lipinski definition) is 4. The van der Waals surface area contributed by atoms with Gasteiger partial charge in [-0.25, -0.2) is 9.97 Å². The summed E-state index contributed by atoms with van der Waals surface area (Å²) in [5.41, 5.74) is 3.01. The fourth-order valence-corrected chi connectivity index (χ4v) is 5.44. The molecule has 5 rings (SSSR count). The first-order valence-electron chi connectivity index (χ1n) is 13.6. The fraction of sp³-hybridized carbons (Fsp3) is 0.593. The van der Waals surface area contributed by atoms with Gasteiger partial charge in [-0.1, -0.05) is 24.3 Å². The number of anilines is 1. The Morgan fingerprint density at radius 1 is 1.05 bits per heavy atom. The highest BCUT2D eigenvalue weighted by atomic mass is 16.3. The predicted molar refractivity (Wildman–Crippen MR) is 144 cm³/mol. The number of fused-ring (bicyclic) bond motifs is 1. The van der Waals surface area contributed by atoms with E-state index in [4.69, 9.17) is 0 Å². The highest BCUT2D eigenvalue weighted by Gasteiger charge is 2.27. The van der Waals surface area contributed by atoms with Crippen molar-refractivity contribution >= 4 is 11.7 Å². The van der Waals surface area contributed by atoms with Crippen LogP contribution in [0.2, 0.25) is 0 Å². The lowest BCUT2D eigenvalue weighted by Gasteiger charge is -2.40. The summed E-state index contributed by atoms with van der Waals surface area (Å²) in [4.78, 5) is 28.3. The van der Waals surface area contributed by atoms with E-state index < -0.39 is 6.10 Å². The van der Waals surface area contributed by atoms with E-state index in [0.717, 1.165) is 65.3 Å². The third-order valence-corrected chi connectivity index (χ3v) is 7.54. The molecule has 10 nitrogen and oxygen atoms in total. The van der Waals surface area contributed by atoms with Gasteiger partial charge in [0.05, 0.1) is 12.1 Å². The first-order chi connectivity index (χ1) is 18.1. The van der Waals surface area contributed by atoms with Crippen LogP contribution in [-0.4, -0.2) is 120 Å². The smallest absolute Gasteiger partial charge is 0.270 e. The summed E-state index contributed by atoms with van der Waals surface area (Å²) in [6.45, 7) is 11.2. The molecule has 2 aromatic rings. The summed E-state index contributed by atoms with van der Waals surface area (Å²) in [5.74, 6) is 0.370. The summed E-state index contributed by atoms with van der Waals surface area (Å²) in [5, 5.41) is 20.2. The van der Waals surface area contributed by atoms with Gasteiger partial charge in [0.25, 0.3) is 5.91 Å². The minimum absolute atomic E-state index is 0.190. The van der Waals surface area contributed by atoms with Crippen LogP contribution in [0.15, 0.2) is 36.7 Å². The van der Waals surface area contributed by atoms with Crippen molar-refractivity contribution in [3.05, 3.63) is 53.5 Å². The molecule has 200 valence electrons. The number of piperazine rings is 1. The first-order valence-corrected chi connectivity index (χ1v) is 13.6. The van der Waals surface area contributed by atoms with Crippen LogP contribution in [0.25, 0.3) is 0 Å². The molecule has 0 bridgehead atoms. The van der Waals surface area contributed by atoms with Crippen molar-refractivity contribution in [2.75, 3.05) is 77.3 Å². The normalized spacial score (nSPS) is 20.1. The van der Waals surface area contributed by atoms with Gasteiger partial charge in [0, 0.05) is 71.5 Å². The second-order valence-corrected chi connectivity index (χ2v) is 10.5. The van der Waals surface area contributed by atoms with Crippen molar-refractivity contribution in [1.82, 2.24) is 35.3 Å². The largest absolute Gasteiger partial charge is 0.390 e. The number of nitrogens with one attached hydrogen (secondary N) is 3. The van der Waals surface area contributed by atoms with E-state index in [1.165, 1.54) is 30.4 Å². The van der Waals surface area contributed by atoms with Gasteiger partial charge in [0.15, 0.2) is 0 Å². The number of hydrogen-bond acceptors (Lipinski definition) is 9. The number of amides is 1. The first kappa shape index (κ1) is 26.0. The average Bonchev–Trinajstić information content (AvgIpc) is 2.91. The monoisotopic (exact) mass is 508 g/mol. The van der Waals surface area contributed by atoms with E-state index in [1.54, 1.807) is 6.07 Å². The van der Waals surface area contributed by atoms with E-state index in [9.17, 15) is 9.90 Å². The van der Waals surface area contributed by atoms with Crippen molar-refractivity contribution in [2.45, 2.75) is 31.5 Å². The lowest BCUT2D eigenvalue weighted by Crippen LogP contribution is -2.55. The molecule has 1 amide bonds. The topological polar surface area (TPSA) is 109 Å². The summed E-state index contributed by atoms with van der Waals surface area (Å²) >= 11 is 0. The minimum atomic E-state index is -0.638. The van der Waals surface area contributed by atoms with Gasteiger partial charge in [-0.3, -0.25) is 14.6 Å². The Bertz CT molecular complexity index is 1020. The zero-order valence-electron chi connectivity index (χ0n) is 21.6. The highest BCUT2D eigenvalue weighted by Crippen LogP contribution is 2.18. The molecule has 1 aromatic heterocycles. The van der Waals surface area contributed by atoms with Gasteiger partial charge in [0.1, 0.15) is 17.8 Å². The molecule has 0 saturated carbocycles. The van der Waals surface area contributed by atoms with Crippen LogP contribution in [0.4, 0.5) is 5.82 Å². The number of aliphatic hydroxyl groups is 1. The molecule has 1 unspecified atom stereocenters. The van der Waals surface area contributed by atoms with Crippen molar-refractivity contribution in [2.24, 2.45) is 0 Å². The molecule has 0 spiro atoms. The number of nitrogens with zero attached hydrogens (tertiary/aromatic N) is 5. The average molecular weight is 509 g/mol. The number of aliphatic hydroxyl groups excluding tert-OH is 1. The number of benzene rings is 1. The minimum Gasteiger partial charge on any atom is -0.390 e. The molecule has 1 aromatic carbocycles. The maximum atomic E-state index is 12.7. The van der Waals surface area contributed by atoms with Crippen LogP contribution >= 0.6 is 0 Å². The number of rotatable bonds is 11. The zero-order valence-corrected chi connectivity index (χ0v) is 21.6. The Kier molecular flexibility index (Phi) is 8.96. The molecule has 4 heterocycles. The maximum absolute atomic E-state index is 12.7. The van der Waals surface area contributed by atoms with Crippen LogP contribution < -0.4 is 16.0 Å². The van der Waals surface area contributed by atoms with Gasteiger partial charge in [0.2, 0.25) is 0 Å². The van der Waals surface area contributed by atoms with Crippen molar-refractivity contribution in [3.63, 3.8) is 0 Å². The number of carbonyl (C=O) groups excluding carboxylic acids is 1. The molecular weight excluding hydrogens is 468 g/mol. The molecule has 3 aliphatic heterocycles. The zero-order chi connectivity index (χ0) is 25.5. The molecule has 2 saturated heterocycles. The van der Waals surface area contributed by atoms with E-state index >= 15 is 0 Å². The standard InChI is InChI=1S/C27H40N8O2/c36-24(19-35-11-6-21-4-1-2-5-22(21)16-35)15-29-27(37)25-14-26(31-20-30-25)32-23-17-34(18-23)10-3-9-33-12-7-28-8-13-33/h1-2,4-5,14,20,23-24,28,36H,3,6-13,15-19H2,(H,29,37)(H,30,31,32). The Labute approximate surface area is 219 Å². The summed E-state index contributed by atoms with van der Waals surface area (Å²) in [6.07, 6.45) is 2.96. The number of carbonyl (C=O) groups is 1.